The molecule has 2 rings (SSSR count). The largest absolute Gasteiger partial charge is 0.345 e. The fourth-order valence-corrected chi connectivity index (χ4v) is 1.77. The van der Waals surface area contributed by atoms with E-state index in [-0.39, 0.29) is 11.6 Å². The zero-order chi connectivity index (χ0) is 13.8. The van der Waals surface area contributed by atoms with E-state index >= 15 is 0 Å². The molecule has 1 N–H and O–H groups in total. The molecule has 0 unspecified atom stereocenters. The molecule has 0 radical (unpaired) electrons. The van der Waals surface area contributed by atoms with E-state index in [4.69, 9.17) is 0 Å². The summed E-state index contributed by atoms with van der Waals surface area (Å²) in [5.74, 6) is -2.01. The van der Waals surface area contributed by atoms with Gasteiger partial charge >= 0.3 is 0 Å². The maximum absolute atomic E-state index is 13.4. The van der Waals surface area contributed by atoms with E-state index in [0.29, 0.717) is 0 Å². The maximum Gasteiger partial charge on any atom is 0.254 e. The third-order valence-corrected chi connectivity index (χ3v) is 2.82. The smallest absolute Gasteiger partial charge is 0.254 e. The average molecular weight is 261 g/mol. The first-order valence-electron chi connectivity index (χ1n) is 5.89. The number of rotatable bonds is 3. The van der Waals surface area contributed by atoms with Crippen molar-refractivity contribution < 1.29 is 13.6 Å². The molecule has 4 heteroatoms. The molecule has 1 amide bonds. The van der Waals surface area contributed by atoms with Crippen molar-refractivity contribution in [3.63, 3.8) is 0 Å². The number of carbonyl (C=O) groups excluding carboxylic acids is 1. The minimum absolute atomic E-state index is 0.281. The second-order valence-corrected chi connectivity index (χ2v) is 4.23. The molecule has 0 spiro atoms. The summed E-state index contributed by atoms with van der Waals surface area (Å²) >= 11 is 0. The number of amides is 1. The van der Waals surface area contributed by atoms with Gasteiger partial charge in [-0.2, -0.15) is 0 Å². The minimum Gasteiger partial charge on any atom is -0.345 e. The van der Waals surface area contributed by atoms with Gasteiger partial charge in [0.25, 0.3) is 5.91 Å². The Labute approximate surface area is 110 Å². The van der Waals surface area contributed by atoms with Crippen LogP contribution in [0, 0.1) is 11.6 Å². The van der Waals surface area contributed by atoms with Crippen molar-refractivity contribution >= 4 is 5.91 Å². The predicted molar refractivity (Wildman–Crippen MR) is 68.7 cm³/mol. The summed E-state index contributed by atoms with van der Waals surface area (Å²) in [5.41, 5.74) is 0.607. The molecule has 0 aliphatic carbocycles. The third kappa shape index (κ3) is 3.16. The summed E-state index contributed by atoms with van der Waals surface area (Å²) in [6.07, 6.45) is 0. The van der Waals surface area contributed by atoms with Gasteiger partial charge in [0, 0.05) is 0 Å². The van der Waals surface area contributed by atoms with Crippen molar-refractivity contribution in [1.82, 2.24) is 5.32 Å². The number of hydrogen-bond acceptors (Lipinski definition) is 1. The van der Waals surface area contributed by atoms with Gasteiger partial charge in [-0.25, -0.2) is 8.78 Å². The van der Waals surface area contributed by atoms with Crippen LogP contribution in [-0.2, 0) is 0 Å². The van der Waals surface area contributed by atoms with Gasteiger partial charge in [0.05, 0.1) is 11.6 Å². The van der Waals surface area contributed by atoms with Crippen LogP contribution in [-0.4, -0.2) is 5.91 Å². The van der Waals surface area contributed by atoms with Crippen LogP contribution >= 0.6 is 0 Å². The highest BCUT2D eigenvalue weighted by Gasteiger charge is 2.15. The molecule has 2 nitrogen and oxygen atoms in total. The number of benzene rings is 2. The van der Waals surface area contributed by atoms with Gasteiger partial charge in [-0.3, -0.25) is 4.79 Å². The van der Waals surface area contributed by atoms with Crippen molar-refractivity contribution in [2.24, 2.45) is 0 Å². The summed E-state index contributed by atoms with van der Waals surface area (Å²) in [4.78, 5) is 11.9. The molecule has 0 saturated heterocycles. The monoisotopic (exact) mass is 261 g/mol. The number of halogens is 2. The predicted octanol–water partition coefficient (Wildman–Crippen LogP) is 3.46. The zero-order valence-corrected chi connectivity index (χ0v) is 10.4. The van der Waals surface area contributed by atoms with Crippen molar-refractivity contribution in [1.29, 1.82) is 0 Å². The molecular formula is C15H13F2NO. The fourth-order valence-electron chi connectivity index (χ4n) is 1.77. The molecule has 0 heterocycles. The first-order chi connectivity index (χ1) is 9.08. The summed E-state index contributed by atoms with van der Waals surface area (Å²) in [7, 11) is 0. The van der Waals surface area contributed by atoms with Crippen molar-refractivity contribution in [3.8, 4) is 0 Å². The molecule has 0 aliphatic rings. The van der Waals surface area contributed by atoms with Gasteiger partial charge in [-0.05, 0) is 30.7 Å². The van der Waals surface area contributed by atoms with Crippen LogP contribution in [0.1, 0.15) is 28.9 Å². The lowest BCUT2D eigenvalue weighted by molar-refractivity contribution is 0.0935. The molecule has 19 heavy (non-hydrogen) atoms. The van der Waals surface area contributed by atoms with Crippen LogP contribution in [0.4, 0.5) is 8.78 Å². The Balaban J connectivity index is 2.15. The standard InChI is InChI=1S/C15H13F2NO/c1-10(11-5-3-2-4-6-11)18-15(19)13-9-12(16)7-8-14(13)17/h2-10H,1H3,(H,18,19)/t10-/m0/s1. The molecule has 0 aliphatic heterocycles. The van der Waals surface area contributed by atoms with E-state index < -0.39 is 17.5 Å². The normalized spacial score (nSPS) is 11.9. The molecular weight excluding hydrogens is 248 g/mol. The quantitative estimate of drug-likeness (QED) is 0.900. The van der Waals surface area contributed by atoms with Gasteiger partial charge in [-0.15, -0.1) is 0 Å². The lowest BCUT2D eigenvalue weighted by Crippen LogP contribution is -2.27. The van der Waals surface area contributed by atoms with Gasteiger partial charge in [0.1, 0.15) is 11.6 Å². The minimum atomic E-state index is -0.737. The molecule has 0 fully saturated rings. The highest BCUT2D eigenvalue weighted by molar-refractivity contribution is 5.94. The highest BCUT2D eigenvalue weighted by atomic mass is 19.1. The van der Waals surface area contributed by atoms with Crippen LogP contribution in [0.2, 0.25) is 0 Å². The summed E-state index contributed by atoms with van der Waals surface area (Å²) in [5, 5.41) is 2.63. The average Bonchev–Trinajstić information content (AvgIpc) is 2.42. The van der Waals surface area contributed by atoms with Gasteiger partial charge in [0.15, 0.2) is 0 Å². The van der Waals surface area contributed by atoms with E-state index in [2.05, 4.69) is 5.32 Å². The summed E-state index contributed by atoms with van der Waals surface area (Å²) < 4.78 is 26.5. The van der Waals surface area contributed by atoms with E-state index in [1.165, 1.54) is 0 Å². The summed E-state index contributed by atoms with van der Waals surface area (Å²) in [6.45, 7) is 1.78. The Kier molecular flexibility index (Phi) is 3.90. The SMILES string of the molecule is C[C@H](NC(=O)c1cc(F)ccc1F)c1ccccc1. The van der Waals surface area contributed by atoms with Gasteiger partial charge in [-0.1, -0.05) is 30.3 Å². The molecule has 1 atom stereocenters. The Bertz CT molecular complexity index is 584. The maximum atomic E-state index is 13.4. The lowest BCUT2D eigenvalue weighted by atomic mass is 10.1. The zero-order valence-electron chi connectivity index (χ0n) is 10.4. The third-order valence-electron chi connectivity index (χ3n) is 2.82. The molecule has 2 aromatic carbocycles. The van der Waals surface area contributed by atoms with Crippen molar-refractivity contribution in [2.45, 2.75) is 13.0 Å². The van der Waals surface area contributed by atoms with Gasteiger partial charge < -0.3 is 5.32 Å². The Hall–Kier alpha value is -2.23. The van der Waals surface area contributed by atoms with Crippen LogP contribution in [0.25, 0.3) is 0 Å². The molecule has 0 aromatic heterocycles. The second kappa shape index (κ2) is 5.61. The van der Waals surface area contributed by atoms with E-state index in [0.717, 1.165) is 23.8 Å². The molecule has 98 valence electrons. The number of carbonyl (C=O) groups is 1. The topological polar surface area (TPSA) is 29.1 Å². The van der Waals surface area contributed by atoms with E-state index in [1.54, 1.807) is 6.92 Å². The molecule has 0 saturated carbocycles. The second-order valence-electron chi connectivity index (χ2n) is 4.23. The first kappa shape index (κ1) is 13.2. The van der Waals surface area contributed by atoms with Crippen LogP contribution in [0.15, 0.2) is 48.5 Å². The molecule has 2 aromatic rings. The molecule has 0 bridgehead atoms. The number of nitrogens with one attached hydrogen (secondary N) is 1. The van der Waals surface area contributed by atoms with Gasteiger partial charge in [0.2, 0.25) is 0 Å². The first-order valence-corrected chi connectivity index (χ1v) is 5.89. The van der Waals surface area contributed by atoms with Crippen LogP contribution in [0.5, 0.6) is 0 Å². The Morgan fingerprint density at radius 2 is 1.79 bits per heavy atom. The Morgan fingerprint density at radius 1 is 1.11 bits per heavy atom. The Morgan fingerprint density at radius 3 is 2.47 bits per heavy atom. The summed E-state index contributed by atoms with van der Waals surface area (Å²) in [6, 6.07) is 11.8. The van der Waals surface area contributed by atoms with E-state index in [9.17, 15) is 13.6 Å². The fraction of sp³-hybridized carbons (Fsp3) is 0.133. The van der Waals surface area contributed by atoms with E-state index in [1.807, 2.05) is 30.3 Å². The van der Waals surface area contributed by atoms with Crippen molar-refractivity contribution in [3.05, 3.63) is 71.3 Å². The highest BCUT2D eigenvalue weighted by Crippen LogP contribution is 2.14. The van der Waals surface area contributed by atoms with Crippen molar-refractivity contribution in [2.75, 3.05) is 0 Å². The lowest BCUT2D eigenvalue weighted by Gasteiger charge is -2.14. The number of hydrogen-bond donors (Lipinski definition) is 1. The van der Waals surface area contributed by atoms with Crippen LogP contribution < -0.4 is 5.32 Å². The van der Waals surface area contributed by atoms with Crippen LogP contribution in [0.3, 0.4) is 0 Å².